The number of anilines is 2. The number of halogens is 3. The Labute approximate surface area is 202 Å². The lowest BCUT2D eigenvalue weighted by atomic mass is 9.97. The van der Waals surface area contributed by atoms with Crippen molar-refractivity contribution in [2.75, 3.05) is 30.4 Å². The molecule has 35 heavy (non-hydrogen) atoms. The normalized spacial score (nSPS) is 15.7. The van der Waals surface area contributed by atoms with Crippen molar-refractivity contribution in [1.82, 2.24) is 4.90 Å². The van der Waals surface area contributed by atoms with Gasteiger partial charge in [0.15, 0.2) is 0 Å². The molecule has 1 unspecified atom stereocenters. The summed E-state index contributed by atoms with van der Waals surface area (Å²) in [6, 6.07) is 19.2. The number of nitrogens with one attached hydrogen (secondary N) is 1. The van der Waals surface area contributed by atoms with Crippen LogP contribution in [0.4, 0.5) is 24.5 Å². The minimum atomic E-state index is -4.60. The Kier molecular flexibility index (Phi) is 6.82. The molecular weight excluding hydrogens is 455 g/mol. The molecule has 8 heteroatoms. The number of carbonyl (C=O) groups excluding carboxylic acids is 2. The van der Waals surface area contributed by atoms with Gasteiger partial charge in [-0.1, -0.05) is 36.4 Å². The summed E-state index contributed by atoms with van der Waals surface area (Å²) in [6.45, 7) is 3.07. The van der Waals surface area contributed by atoms with Crippen LogP contribution in [-0.4, -0.2) is 42.9 Å². The Morgan fingerprint density at radius 2 is 1.69 bits per heavy atom. The molecule has 4 rings (SSSR count). The molecule has 0 aliphatic carbocycles. The van der Waals surface area contributed by atoms with E-state index >= 15 is 0 Å². The first-order chi connectivity index (χ1) is 16.6. The molecule has 0 bridgehead atoms. The molecule has 3 aromatic carbocycles. The van der Waals surface area contributed by atoms with E-state index in [1.807, 2.05) is 12.1 Å². The number of alkyl halides is 3. The van der Waals surface area contributed by atoms with Gasteiger partial charge in [0.2, 0.25) is 5.91 Å². The third-order valence-corrected chi connectivity index (χ3v) is 6.37. The number of carbonyl (C=O) groups is 2. The summed E-state index contributed by atoms with van der Waals surface area (Å²) in [6.07, 6.45) is -3.73. The van der Waals surface area contributed by atoms with Gasteiger partial charge in [-0.05, 0) is 53.9 Å². The summed E-state index contributed by atoms with van der Waals surface area (Å²) in [5.41, 5.74) is 0.964. The Balaban J connectivity index is 1.48. The highest BCUT2D eigenvalue weighted by Crippen LogP contribution is 2.37. The van der Waals surface area contributed by atoms with Crippen LogP contribution < -0.4 is 10.2 Å². The Morgan fingerprint density at radius 1 is 1.00 bits per heavy atom. The summed E-state index contributed by atoms with van der Waals surface area (Å²) in [4.78, 5) is 28.3. The van der Waals surface area contributed by atoms with Gasteiger partial charge in [0.25, 0.3) is 5.91 Å². The molecular formula is C27H26F3N3O2. The van der Waals surface area contributed by atoms with Gasteiger partial charge in [-0.25, -0.2) is 0 Å². The Bertz CT molecular complexity index is 1210. The van der Waals surface area contributed by atoms with E-state index < -0.39 is 17.6 Å². The fourth-order valence-electron chi connectivity index (χ4n) is 4.30. The molecule has 0 aromatic heterocycles. The molecule has 1 heterocycles. The fraction of sp³-hybridized carbons (Fsp3) is 0.259. The Morgan fingerprint density at radius 3 is 2.31 bits per heavy atom. The van der Waals surface area contributed by atoms with E-state index in [2.05, 4.69) is 10.2 Å². The number of amides is 2. The first kappa shape index (κ1) is 24.3. The second kappa shape index (κ2) is 9.82. The Hall–Kier alpha value is -3.81. The van der Waals surface area contributed by atoms with Gasteiger partial charge in [-0.2, -0.15) is 13.2 Å². The van der Waals surface area contributed by atoms with E-state index in [1.165, 1.54) is 12.1 Å². The largest absolute Gasteiger partial charge is 0.417 e. The summed E-state index contributed by atoms with van der Waals surface area (Å²) >= 11 is 0. The maximum Gasteiger partial charge on any atom is 0.417 e. The van der Waals surface area contributed by atoms with Crippen LogP contribution >= 0.6 is 0 Å². The van der Waals surface area contributed by atoms with E-state index in [1.54, 1.807) is 61.3 Å². The van der Waals surface area contributed by atoms with Crippen LogP contribution in [0.3, 0.4) is 0 Å². The fourth-order valence-corrected chi connectivity index (χ4v) is 4.30. The van der Waals surface area contributed by atoms with E-state index in [-0.39, 0.29) is 23.1 Å². The maximum atomic E-state index is 13.8. The molecule has 1 aliphatic rings. The van der Waals surface area contributed by atoms with Crippen LogP contribution in [-0.2, 0) is 11.0 Å². The number of rotatable bonds is 5. The van der Waals surface area contributed by atoms with Gasteiger partial charge < -0.3 is 15.1 Å². The highest BCUT2D eigenvalue weighted by molar-refractivity contribution is 6.04. The number of hydrogen-bond donors (Lipinski definition) is 1. The van der Waals surface area contributed by atoms with E-state index in [0.29, 0.717) is 11.3 Å². The van der Waals surface area contributed by atoms with Crippen LogP contribution in [0.5, 0.6) is 0 Å². The number of nitrogens with zero attached hydrogens (tertiary/aromatic N) is 2. The van der Waals surface area contributed by atoms with Crippen molar-refractivity contribution in [3.8, 4) is 11.1 Å². The van der Waals surface area contributed by atoms with Crippen LogP contribution in [0, 0.1) is 0 Å². The van der Waals surface area contributed by atoms with Crippen molar-refractivity contribution >= 4 is 23.2 Å². The van der Waals surface area contributed by atoms with Crippen molar-refractivity contribution in [3.63, 3.8) is 0 Å². The lowest BCUT2D eigenvalue weighted by Gasteiger charge is -2.24. The maximum absolute atomic E-state index is 13.8. The highest BCUT2D eigenvalue weighted by atomic mass is 19.4. The van der Waals surface area contributed by atoms with Crippen molar-refractivity contribution < 1.29 is 22.8 Å². The van der Waals surface area contributed by atoms with E-state index in [4.69, 9.17) is 0 Å². The zero-order valence-electron chi connectivity index (χ0n) is 19.5. The van der Waals surface area contributed by atoms with Gasteiger partial charge in [-0.15, -0.1) is 0 Å². The lowest BCUT2D eigenvalue weighted by molar-refractivity contribution is -0.137. The predicted octanol–water partition coefficient (Wildman–Crippen LogP) is 5.68. The zero-order chi connectivity index (χ0) is 25.2. The van der Waals surface area contributed by atoms with Crippen molar-refractivity contribution in [1.29, 1.82) is 0 Å². The SMILES string of the molecule is CC(=O)N(C)C1CCN(c2ccc(NC(=O)c3ccc(-c4ccccc4)c(C(F)(F)F)c3)cc2)C1. The summed E-state index contributed by atoms with van der Waals surface area (Å²) in [7, 11) is 1.80. The summed E-state index contributed by atoms with van der Waals surface area (Å²) < 4.78 is 41.3. The average molecular weight is 482 g/mol. The topological polar surface area (TPSA) is 52.7 Å². The quantitative estimate of drug-likeness (QED) is 0.510. The molecule has 3 aromatic rings. The molecule has 0 spiro atoms. The van der Waals surface area contributed by atoms with Gasteiger partial charge in [0.1, 0.15) is 0 Å². The second-order valence-corrected chi connectivity index (χ2v) is 8.64. The third kappa shape index (κ3) is 5.48. The van der Waals surface area contributed by atoms with Crippen molar-refractivity contribution in [2.45, 2.75) is 25.6 Å². The van der Waals surface area contributed by atoms with Gasteiger partial charge in [-0.3, -0.25) is 9.59 Å². The minimum Gasteiger partial charge on any atom is -0.369 e. The molecule has 0 radical (unpaired) electrons. The van der Waals surface area contributed by atoms with Crippen LogP contribution in [0.25, 0.3) is 11.1 Å². The molecule has 1 atom stereocenters. The number of benzene rings is 3. The molecule has 1 N–H and O–H groups in total. The zero-order valence-corrected chi connectivity index (χ0v) is 19.5. The predicted molar refractivity (Wildman–Crippen MR) is 130 cm³/mol. The van der Waals surface area contributed by atoms with Crippen LogP contribution in [0.1, 0.15) is 29.3 Å². The van der Waals surface area contributed by atoms with Crippen molar-refractivity contribution in [3.05, 3.63) is 83.9 Å². The first-order valence-electron chi connectivity index (χ1n) is 11.3. The van der Waals surface area contributed by atoms with E-state index in [0.717, 1.165) is 31.3 Å². The molecule has 5 nitrogen and oxygen atoms in total. The molecule has 1 saturated heterocycles. The standard InChI is InChI=1S/C27H26F3N3O2/c1-18(34)32(2)23-14-15-33(17-23)22-11-9-21(10-12-22)31-26(35)20-8-13-24(19-6-4-3-5-7-19)25(16-20)27(28,29)30/h3-13,16,23H,14-15,17H2,1-2H3,(H,31,35). The molecule has 182 valence electrons. The lowest BCUT2D eigenvalue weighted by Crippen LogP contribution is -2.37. The summed E-state index contributed by atoms with van der Waals surface area (Å²) in [5, 5.41) is 2.68. The molecule has 1 fully saturated rings. The second-order valence-electron chi connectivity index (χ2n) is 8.64. The number of likely N-dealkylation sites (N-methyl/N-ethyl adjacent to an activating group) is 1. The van der Waals surface area contributed by atoms with Gasteiger partial charge >= 0.3 is 6.18 Å². The van der Waals surface area contributed by atoms with Crippen molar-refractivity contribution in [2.24, 2.45) is 0 Å². The first-order valence-corrected chi connectivity index (χ1v) is 11.3. The monoisotopic (exact) mass is 481 g/mol. The van der Waals surface area contributed by atoms with Gasteiger partial charge in [0.05, 0.1) is 11.6 Å². The average Bonchev–Trinajstić information content (AvgIpc) is 3.34. The van der Waals surface area contributed by atoms with Crippen LogP contribution in [0.2, 0.25) is 0 Å². The molecule has 1 aliphatic heterocycles. The third-order valence-electron chi connectivity index (χ3n) is 6.37. The van der Waals surface area contributed by atoms with Gasteiger partial charge in [0, 0.05) is 44.0 Å². The molecule has 0 saturated carbocycles. The highest BCUT2D eigenvalue weighted by Gasteiger charge is 2.34. The molecule has 2 amide bonds. The number of hydrogen-bond acceptors (Lipinski definition) is 3. The minimum absolute atomic E-state index is 0.0262. The van der Waals surface area contributed by atoms with E-state index in [9.17, 15) is 22.8 Å². The summed E-state index contributed by atoms with van der Waals surface area (Å²) in [5.74, 6) is -0.590. The smallest absolute Gasteiger partial charge is 0.369 e. The van der Waals surface area contributed by atoms with Crippen LogP contribution in [0.15, 0.2) is 72.8 Å².